The summed E-state index contributed by atoms with van der Waals surface area (Å²) in [7, 11) is 0. The zero-order valence-corrected chi connectivity index (χ0v) is 5.14. The molecule has 0 aromatic carbocycles. The van der Waals surface area contributed by atoms with Crippen molar-refractivity contribution in [2.45, 2.75) is 0 Å². The molecular formula is C3H3N5O3. The smallest absolute Gasteiger partial charge is 0.390 e. The Labute approximate surface area is 59.6 Å². The highest BCUT2D eigenvalue weighted by atomic mass is 16.6. The molecule has 1 rings (SSSR count). The standard InChI is InChI=1S/C3H3N5O3/c4-1(9)2-5-3(7-6-2)8(10)11/h(H2,4,9)(H,5,6,7). The lowest BCUT2D eigenvalue weighted by molar-refractivity contribution is -0.394. The van der Waals surface area contributed by atoms with Gasteiger partial charge in [0.25, 0.3) is 0 Å². The third-order valence-electron chi connectivity index (χ3n) is 0.867. The van der Waals surface area contributed by atoms with E-state index in [1.165, 1.54) is 0 Å². The van der Waals surface area contributed by atoms with Crippen molar-refractivity contribution < 1.29 is 9.72 Å². The first-order valence-electron chi connectivity index (χ1n) is 2.48. The monoisotopic (exact) mass is 157 g/mol. The van der Waals surface area contributed by atoms with Crippen molar-refractivity contribution in [3.8, 4) is 0 Å². The van der Waals surface area contributed by atoms with Crippen molar-refractivity contribution in [3.63, 3.8) is 0 Å². The van der Waals surface area contributed by atoms with Crippen LogP contribution < -0.4 is 5.73 Å². The molecule has 0 aliphatic heterocycles. The number of H-pyrrole nitrogens is 1. The van der Waals surface area contributed by atoms with Gasteiger partial charge in [-0.1, -0.05) is 5.10 Å². The second-order valence-corrected chi connectivity index (χ2v) is 1.60. The van der Waals surface area contributed by atoms with Crippen molar-refractivity contribution in [1.29, 1.82) is 0 Å². The summed E-state index contributed by atoms with van der Waals surface area (Å²) in [6.45, 7) is 0. The van der Waals surface area contributed by atoms with Gasteiger partial charge in [-0.2, -0.15) is 0 Å². The topological polar surface area (TPSA) is 128 Å². The third kappa shape index (κ3) is 1.28. The number of aromatic amines is 1. The van der Waals surface area contributed by atoms with Crippen LogP contribution in [0, 0.1) is 10.1 Å². The van der Waals surface area contributed by atoms with E-state index in [1.807, 2.05) is 5.10 Å². The number of carbonyl (C=O) groups is 1. The molecule has 0 saturated carbocycles. The number of nitrogens with zero attached hydrogens (tertiary/aromatic N) is 3. The zero-order valence-electron chi connectivity index (χ0n) is 5.14. The van der Waals surface area contributed by atoms with Crippen LogP contribution in [0.15, 0.2) is 0 Å². The van der Waals surface area contributed by atoms with E-state index in [9.17, 15) is 14.9 Å². The van der Waals surface area contributed by atoms with E-state index in [1.54, 1.807) is 0 Å². The normalized spacial score (nSPS) is 9.45. The van der Waals surface area contributed by atoms with Gasteiger partial charge in [-0.05, 0) is 9.91 Å². The highest BCUT2D eigenvalue weighted by molar-refractivity contribution is 5.88. The van der Waals surface area contributed by atoms with Gasteiger partial charge in [0.15, 0.2) is 0 Å². The Kier molecular flexibility index (Phi) is 1.51. The van der Waals surface area contributed by atoms with Crippen molar-refractivity contribution in [2.75, 3.05) is 0 Å². The van der Waals surface area contributed by atoms with E-state index < -0.39 is 22.6 Å². The molecular weight excluding hydrogens is 154 g/mol. The SMILES string of the molecule is NC(=O)c1n[nH]c([N+](=O)[O-])n1. The highest BCUT2D eigenvalue weighted by Crippen LogP contribution is 1.99. The van der Waals surface area contributed by atoms with E-state index in [4.69, 9.17) is 5.73 Å². The molecule has 1 amide bonds. The molecule has 0 saturated heterocycles. The molecule has 0 unspecified atom stereocenters. The van der Waals surface area contributed by atoms with Gasteiger partial charge >= 0.3 is 17.7 Å². The van der Waals surface area contributed by atoms with Crippen LogP contribution in [0.2, 0.25) is 0 Å². The van der Waals surface area contributed by atoms with Crippen LogP contribution in [-0.2, 0) is 0 Å². The highest BCUT2D eigenvalue weighted by Gasteiger charge is 2.17. The lowest BCUT2D eigenvalue weighted by Gasteiger charge is -1.83. The third-order valence-corrected chi connectivity index (χ3v) is 0.867. The Morgan fingerprint density at radius 2 is 2.36 bits per heavy atom. The van der Waals surface area contributed by atoms with Crippen LogP contribution in [0.1, 0.15) is 10.6 Å². The van der Waals surface area contributed by atoms with E-state index in [0.29, 0.717) is 0 Å². The van der Waals surface area contributed by atoms with Crippen LogP contribution in [0.4, 0.5) is 5.95 Å². The molecule has 8 heteroatoms. The van der Waals surface area contributed by atoms with Crippen molar-refractivity contribution >= 4 is 11.9 Å². The van der Waals surface area contributed by atoms with Crippen LogP contribution >= 0.6 is 0 Å². The van der Waals surface area contributed by atoms with Crippen LogP contribution in [0.5, 0.6) is 0 Å². The van der Waals surface area contributed by atoms with Crippen molar-refractivity contribution in [3.05, 3.63) is 15.9 Å². The van der Waals surface area contributed by atoms with Gasteiger partial charge < -0.3 is 15.8 Å². The summed E-state index contributed by atoms with van der Waals surface area (Å²) in [5, 5.41) is 15.1. The Hall–Kier alpha value is -1.99. The Morgan fingerprint density at radius 3 is 2.64 bits per heavy atom. The molecule has 3 N–H and O–H groups in total. The number of amides is 1. The van der Waals surface area contributed by atoms with Crippen LogP contribution in [-0.4, -0.2) is 26.0 Å². The molecule has 0 atom stereocenters. The number of carbonyl (C=O) groups excluding carboxylic acids is 1. The minimum Gasteiger partial charge on any atom is -0.390 e. The zero-order chi connectivity index (χ0) is 8.43. The molecule has 0 radical (unpaired) electrons. The minimum absolute atomic E-state index is 0.392. The van der Waals surface area contributed by atoms with Crippen molar-refractivity contribution in [2.24, 2.45) is 5.73 Å². The maximum absolute atomic E-state index is 10.3. The molecule has 1 aromatic rings. The summed E-state index contributed by atoms with van der Waals surface area (Å²) >= 11 is 0. The summed E-state index contributed by atoms with van der Waals surface area (Å²) in [6.07, 6.45) is 0. The molecule has 8 nitrogen and oxygen atoms in total. The fourth-order valence-corrected chi connectivity index (χ4v) is 0.445. The number of hydrogen-bond donors (Lipinski definition) is 2. The summed E-state index contributed by atoms with van der Waals surface area (Å²) in [6, 6.07) is 0. The molecule has 0 fully saturated rings. The largest absolute Gasteiger partial charge is 0.454 e. The number of rotatable bonds is 2. The number of nitrogens with one attached hydrogen (secondary N) is 1. The Morgan fingerprint density at radius 1 is 1.73 bits per heavy atom. The summed E-state index contributed by atoms with van der Waals surface area (Å²) in [5.41, 5.74) is 4.72. The maximum atomic E-state index is 10.3. The van der Waals surface area contributed by atoms with Gasteiger partial charge in [-0.25, -0.2) is 0 Å². The minimum atomic E-state index is -0.908. The van der Waals surface area contributed by atoms with Gasteiger partial charge in [-0.15, -0.1) is 5.10 Å². The van der Waals surface area contributed by atoms with E-state index in [0.717, 1.165) is 0 Å². The second kappa shape index (κ2) is 2.33. The summed E-state index contributed by atoms with van der Waals surface area (Å²) < 4.78 is 0. The van der Waals surface area contributed by atoms with E-state index in [-0.39, 0.29) is 0 Å². The molecule has 11 heavy (non-hydrogen) atoms. The number of aromatic nitrogens is 3. The second-order valence-electron chi connectivity index (χ2n) is 1.60. The first-order chi connectivity index (χ1) is 5.11. The molecule has 0 aliphatic carbocycles. The first-order valence-corrected chi connectivity index (χ1v) is 2.48. The van der Waals surface area contributed by atoms with Gasteiger partial charge in [0, 0.05) is 0 Å². The number of hydrogen-bond acceptors (Lipinski definition) is 5. The average molecular weight is 157 g/mol. The fraction of sp³-hybridized carbons (Fsp3) is 0. The number of primary amides is 1. The van der Waals surface area contributed by atoms with Gasteiger partial charge in [0.1, 0.15) is 0 Å². The van der Waals surface area contributed by atoms with E-state index >= 15 is 0 Å². The molecule has 1 aromatic heterocycles. The predicted molar refractivity (Wildman–Crippen MR) is 31.6 cm³/mol. The number of nitrogens with two attached hydrogens (primary N) is 1. The summed E-state index contributed by atoms with van der Waals surface area (Å²) in [4.78, 5) is 22.6. The lowest BCUT2D eigenvalue weighted by atomic mass is 10.6. The Balaban J connectivity index is 2.99. The van der Waals surface area contributed by atoms with Gasteiger partial charge in [0.2, 0.25) is 0 Å². The summed E-state index contributed by atoms with van der Waals surface area (Å²) in [5.74, 6) is -1.90. The predicted octanol–water partition coefficient (Wildman–Crippen LogP) is -1.19. The van der Waals surface area contributed by atoms with E-state index in [2.05, 4.69) is 10.1 Å². The van der Waals surface area contributed by atoms with Crippen LogP contribution in [0.25, 0.3) is 0 Å². The number of nitro groups is 1. The quantitative estimate of drug-likeness (QED) is 0.412. The van der Waals surface area contributed by atoms with Crippen molar-refractivity contribution in [1.82, 2.24) is 15.2 Å². The van der Waals surface area contributed by atoms with Gasteiger partial charge in [0.05, 0.1) is 0 Å². The molecule has 0 spiro atoms. The first kappa shape index (κ1) is 7.12. The lowest BCUT2D eigenvalue weighted by Crippen LogP contribution is -2.12. The molecule has 58 valence electrons. The average Bonchev–Trinajstić information content (AvgIpc) is 2.33. The molecule has 1 heterocycles. The van der Waals surface area contributed by atoms with Gasteiger partial charge in [-0.3, -0.25) is 4.79 Å². The molecule has 0 bridgehead atoms. The Bertz CT molecular complexity index is 275. The van der Waals surface area contributed by atoms with Crippen LogP contribution in [0.3, 0.4) is 0 Å². The molecule has 0 aliphatic rings. The maximum Gasteiger partial charge on any atom is 0.454 e. The fourth-order valence-electron chi connectivity index (χ4n) is 0.445.